The number of benzene rings is 1. The third-order valence-corrected chi connectivity index (χ3v) is 6.10. The third-order valence-electron chi connectivity index (χ3n) is 5.90. The SMILES string of the molecule is Cc1cc(C)cc(NC(=S)NC23CC4CC(CC(C4)C2)C3)c1. The second-order valence-corrected chi connectivity index (χ2v) is 8.56. The molecule has 0 amide bonds. The van der Waals surface area contributed by atoms with E-state index in [1.54, 1.807) is 0 Å². The maximum atomic E-state index is 5.64. The van der Waals surface area contributed by atoms with Crippen molar-refractivity contribution in [3.05, 3.63) is 29.3 Å². The molecule has 0 spiro atoms. The summed E-state index contributed by atoms with van der Waals surface area (Å²) in [6.07, 6.45) is 8.39. The Morgan fingerprint density at radius 2 is 1.45 bits per heavy atom. The van der Waals surface area contributed by atoms with Crippen molar-refractivity contribution in [2.45, 2.75) is 57.9 Å². The summed E-state index contributed by atoms with van der Waals surface area (Å²) in [5.41, 5.74) is 3.96. The van der Waals surface area contributed by atoms with Gasteiger partial charge in [-0.3, -0.25) is 0 Å². The Balaban J connectivity index is 1.46. The van der Waals surface area contributed by atoms with Crippen LogP contribution in [0.25, 0.3) is 0 Å². The number of hydrogen-bond acceptors (Lipinski definition) is 1. The summed E-state index contributed by atoms with van der Waals surface area (Å²) in [4.78, 5) is 0. The molecule has 3 heteroatoms. The first-order valence-corrected chi connectivity index (χ1v) is 9.08. The molecule has 0 unspecified atom stereocenters. The van der Waals surface area contributed by atoms with Crippen LogP contribution >= 0.6 is 12.2 Å². The molecule has 4 fully saturated rings. The zero-order chi connectivity index (χ0) is 15.3. The van der Waals surface area contributed by atoms with Gasteiger partial charge in [-0.05, 0) is 106 Å². The fourth-order valence-electron chi connectivity index (χ4n) is 5.71. The van der Waals surface area contributed by atoms with Gasteiger partial charge in [-0.15, -0.1) is 0 Å². The minimum absolute atomic E-state index is 0.289. The first-order chi connectivity index (χ1) is 10.5. The predicted octanol–water partition coefficient (Wildman–Crippen LogP) is 4.56. The summed E-state index contributed by atoms with van der Waals surface area (Å²) < 4.78 is 0. The number of hydrogen-bond donors (Lipinski definition) is 2. The molecule has 0 heterocycles. The fraction of sp³-hybridized carbons (Fsp3) is 0.632. The lowest BCUT2D eigenvalue weighted by Crippen LogP contribution is -2.60. The second-order valence-electron chi connectivity index (χ2n) is 8.15. The highest BCUT2D eigenvalue weighted by Crippen LogP contribution is 2.55. The van der Waals surface area contributed by atoms with Crippen LogP contribution in [0.4, 0.5) is 5.69 Å². The normalized spacial score (nSPS) is 35.5. The van der Waals surface area contributed by atoms with E-state index < -0.39 is 0 Å². The molecular weight excluding hydrogens is 288 g/mol. The zero-order valence-corrected chi connectivity index (χ0v) is 14.4. The van der Waals surface area contributed by atoms with E-state index in [1.807, 2.05) is 0 Å². The summed E-state index contributed by atoms with van der Waals surface area (Å²) in [6.45, 7) is 4.27. The molecule has 1 aromatic carbocycles. The third kappa shape index (κ3) is 2.76. The van der Waals surface area contributed by atoms with E-state index in [0.29, 0.717) is 0 Å². The molecule has 2 nitrogen and oxygen atoms in total. The molecule has 0 radical (unpaired) electrons. The fourth-order valence-corrected chi connectivity index (χ4v) is 6.05. The van der Waals surface area contributed by atoms with E-state index in [9.17, 15) is 0 Å². The van der Waals surface area contributed by atoms with Gasteiger partial charge in [0.15, 0.2) is 5.11 Å². The summed E-state index contributed by atoms with van der Waals surface area (Å²) >= 11 is 5.64. The Bertz CT molecular complexity index is 552. The second kappa shape index (κ2) is 5.23. The Labute approximate surface area is 139 Å². The Morgan fingerprint density at radius 1 is 0.955 bits per heavy atom. The molecule has 4 saturated carbocycles. The van der Waals surface area contributed by atoms with Crippen LogP contribution < -0.4 is 10.6 Å². The van der Waals surface area contributed by atoms with Crippen molar-refractivity contribution < 1.29 is 0 Å². The number of anilines is 1. The van der Waals surface area contributed by atoms with Gasteiger partial charge < -0.3 is 10.6 Å². The van der Waals surface area contributed by atoms with Gasteiger partial charge in [-0.25, -0.2) is 0 Å². The molecule has 0 saturated heterocycles. The number of rotatable bonds is 2. The number of nitrogens with one attached hydrogen (secondary N) is 2. The molecule has 0 aliphatic heterocycles. The standard InChI is InChI=1S/C19H26N2S/c1-12-3-13(2)5-17(4-12)20-18(22)21-19-9-14-6-15(10-19)8-16(7-14)11-19/h3-5,14-16H,6-11H2,1-2H3,(H2,20,21,22). The van der Waals surface area contributed by atoms with E-state index in [0.717, 1.165) is 28.6 Å². The first-order valence-electron chi connectivity index (χ1n) is 8.67. The van der Waals surface area contributed by atoms with Crippen molar-refractivity contribution in [2.24, 2.45) is 17.8 Å². The van der Waals surface area contributed by atoms with Crippen LogP contribution in [-0.2, 0) is 0 Å². The van der Waals surface area contributed by atoms with E-state index in [-0.39, 0.29) is 5.54 Å². The van der Waals surface area contributed by atoms with Gasteiger partial charge in [0.05, 0.1) is 0 Å². The van der Waals surface area contributed by atoms with Crippen LogP contribution in [0, 0.1) is 31.6 Å². The lowest BCUT2D eigenvalue weighted by molar-refractivity contribution is -0.00972. The Hall–Kier alpha value is -1.09. The van der Waals surface area contributed by atoms with Gasteiger partial charge in [0.2, 0.25) is 0 Å². The van der Waals surface area contributed by atoms with Crippen LogP contribution in [-0.4, -0.2) is 10.7 Å². The summed E-state index contributed by atoms with van der Waals surface area (Å²) in [6, 6.07) is 6.53. The van der Waals surface area contributed by atoms with Gasteiger partial charge in [0.1, 0.15) is 0 Å². The van der Waals surface area contributed by atoms with Crippen molar-refractivity contribution in [2.75, 3.05) is 5.32 Å². The van der Waals surface area contributed by atoms with Crippen LogP contribution in [0.3, 0.4) is 0 Å². The van der Waals surface area contributed by atoms with Crippen molar-refractivity contribution in [3.8, 4) is 0 Å². The molecule has 0 aromatic heterocycles. The average molecular weight is 314 g/mol. The average Bonchev–Trinajstić information content (AvgIpc) is 2.33. The molecular formula is C19H26N2S. The zero-order valence-electron chi connectivity index (χ0n) is 13.6. The molecule has 4 aliphatic rings. The first kappa shape index (κ1) is 14.5. The molecule has 4 bridgehead atoms. The van der Waals surface area contributed by atoms with Crippen LogP contribution in [0.5, 0.6) is 0 Å². The van der Waals surface area contributed by atoms with Crippen LogP contribution in [0.15, 0.2) is 18.2 Å². The van der Waals surface area contributed by atoms with Crippen LogP contribution in [0.2, 0.25) is 0 Å². The van der Waals surface area contributed by atoms with Crippen molar-refractivity contribution in [3.63, 3.8) is 0 Å². The van der Waals surface area contributed by atoms with Crippen molar-refractivity contribution in [1.82, 2.24) is 5.32 Å². The highest BCUT2D eigenvalue weighted by atomic mass is 32.1. The summed E-state index contributed by atoms with van der Waals surface area (Å²) in [5, 5.41) is 7.96. The highest BCUT2D eigenvalue weighted by molar-refractivity contribution is 7.80. The Morgan fingerprint density at radius 3 is 1.95 bits per heavy atom. The maximum Gasteiger partial charge on any atom is 0.171 e. The van der Waals surface area contributed by atoms with E-state index in [4.69, 9.17) is 12.2 Å². The largest absolute Gasteiger partial charge is 0.357 e. The van der Waals surface area contributed by atoms with Crippen molar-refractivity contribution >= 4 is 23.0 Å². The van der Waals surface area contributed by atoms with E-state index in [1.165, 1.54) is 49.7 Å². The van der Waals surface area contributed by atoms with Gasteiger partial charge in [-0.1, -0.05) is 6.07 Å². The van der Waals surface area contributed by atoms with Crippen LogP contribution in [0.1, 0.15) is 49.7 Å². The smallest absolute Gasteiger partial charge is 0.171 e. The lowest BCUT2D eigenvalue weighted by atomic mass is 9.53. The molecule has 118 valence electrons. The lowest BCUT2D eigenvalue weighted by Gasteiger charge is -2.57. The number of aryl methyl sites for hydroxylation is 2. The van der Waals surface area contributed by atoms with E-state index >= 15 is 0 Å². The molecule has 0 atom stereocenters. The molecule has 4 aliphatic carbocycles. The summed E-state index contributed by atoms with van der Waals surface area (Å²) in [5.74, 6) is 2.84. The van der Waals surface area contributed by atoms with Gasteiger partial charge in [0.25, 0.3) is 0 Å². The Kier molecular flexibility index (Phi) is 3.44. The van der Waals surface area contributed by atoms with Gasteiger partial charge >= 0.3 is 0 Å². The van der Waals surface area contributed by atoms with E-state index in [2.05, 4.69) is 42.7 Å². The van der Waals surface area contributed by atoms with Gasteiger partial charge in [-0.2, -0.15) is 0 Å². The predicted molar refractivity (Wildman–Crippen MR) is 96.2 cm³/mol. The highest BCUT2D eigenvalue weighted by Gasteiger charge is 2.51. The molecule has 2 N–H and O–H groups in total. The molecule has 1 aromatic rings. The van der Waals surface area contributed by atoms with Crippen molar-refractivity contribution in [1.29, 1.82) is 0 Å². The topological polar surface area (TPSA) is 24.1 Å². The molecule has 22 heavy (non-hydrogen) atoms. The minimum Gasteiger partial charge on any atom is -0.357 e. The number of thiocarbonyl (C=S) groups is 1. The maximum absolute atomic E-state index is 5.64. The molecule has 5 rings (SSSR count). The minimum atomic E-state index is 0.289. The van der Waals surface area contributed by atoms with Gasteiger partial charge in [0, 0.05) is 11.2 Å². The monoisotopic (exact) mass is 314 g/mol. The summed E-state index contributed by atoms with van der Waals surface area (Å²) in [7, 11) is 0. The quantitative estimate of drug-likeness (QED) is 0.783.